The Labute approximate surface area is 106 Å². The molecule has 0 spiro atoms. The van der Waals surface area contributed by atoms with E-state index in [-0.39, 0.29) is 11.7 Å². The second kappa shape index (κ2) is 8.12. The van der Waals surface area contributed by atoms with E-state index in [4.69, 9.17) is 0 Å². The summed E-state index contributed by atoms with van der Waals surface area (Å²) in [5.74, 6) is 1.53. The van der Waals surface area contributed by atoms with Crippen LogP contribution in [0.2, 0.25) is 0 Å². The summed E-state index contributed by atoms with van der Waals surface area (Å²) in [4.78, 5) is 11.5. The van der Waals surface area contributed by atoms with Crippen molar-refractivity contribution in [3.63, 3.8) is 0 Å². The first-order valence-electron chi connectivity index (χ1n) is 5.85. The molecular weight excluding hydrogens is 237 g/mol. The average molecular weight is 255 g/mol. The smallest absolute Gasteiger partial charge is 0.225 e. The highest BCUT2D eigenvalue weighted by atomic mass is 32.2. The van der Waals surface area contributed by atoms with Crippen molar-refractivity contribution in [1.29, 1.82) is 0 Å². The van der Waals surface area contributed by atoms with E-state index in [0.29, 0.717) is 12.1 Å². The molecule has 0 aliphatic rings. The van der Waals surface area contributed by atoms with Gasteiger partial charge in [-0.15, -0.1) is 0 Å². The molecule has 0 radical (unpaired) electrons. The molecule has 0 bridgehead atoms. The number of benzene rings is 1. The number of thioether (sulfide) groups is 1. The topological polar surface area (TPSA) is 29.1 Å². The fourth-order valence-electron chi connectivity index (χ4n) is 1.30. The predicted molar refractivity (Wildman–Crippen MR) is 71.9 cm³/mol. The quantitative estimate of drug-likeness (QED) is 0.753. The maximum absolute atomic E-state index is 12.9. The van der Waals surface area contributed by atoms with Gasteiger partial charge >= 0.3 is 0 Å². The number of rotatable bonds is 7. The normalized spacial score (nSPS) is 10.2. The van der Waals surface area contributed by atoms with Crippen LogP contribution in [0.3, 0.4) is 0 Å². The predicted octanol–water partition coefficient (Wildman–Crippen LogP) is 3.69. The molecule has 1 aromatic rings. The fraction of sp³-hybridized carbons (Fsp3) is 0.462. The van der Waals surface area contributed by atoms with Crippen molar-refractivity contribution in [1.82, 2.24) is 0 Å². The van der Waals surface area contributed by atoms with Crippen LogP contribution in [0.25, 0.3) is 0 Å². The van der Waals surface area contributed by atoms with Gasteiger partial charge in [0.2, 0.25) is 5.91 Å². The average Bonchev–Trinajstić information content (AvgIpc) is 2.29. The maximum Gasteiger partial charge on any atom is 0.225 e. The molecule has 1 N–H and O–H groups in total. The van der Waals surface area contributed by atoms with Crippen molar-refractivity contribution in [2.75, 3.05) is 16.8 Å². The van der Waals surface area contributed by atoms with Gasteiger partial charge in [-0.2, -0.15) is 11.8 Å². The van der Waals surface area contributed by atoms with Crippen molar-refractivity contribution < 1.29 is 9.18 Å². The van der Waals surface area contributed by atoms with E-state index in [0.717, 1.165) is 11.5 Å². The van der Waals surface area contributed by atoms with Gasteiger partial charge in [0, 0.05) is 17.9 Å². The lowest BCUT2D eigenvalue weighted by Crippen LogP contribution is -2.12. The monoisotopic (exact) mass is 255 g/mol. The first-order valence-corrected chi connectivity index (χ1v) is 7.01. The first-order chi connectivity index (χ1) is 8.22. The number of carbonyl (C=O) groups is 1. The number of anilines is 1. The van der Waals surface area contributed by atoms with Crippen LogP contribution in [0.15, 0.2) is 24.3 Å². The van der Waals surface area contributed by atoms with Crippen LogP contribution in [0.1, 0.15) is 26.2 Å². The summed E-state index contributed by atoms with van der Waals surface area (Å²) in [5, 5.41) is 2.68. The van der Waals surface area contributed by atoms with E-state index in [9.17, 15) is 9.18 Å². The highest BCUT2D eigenvalue weighted by molar-refractivity contribution is 7.99. The highest BCUT2D eigenvalue weighted by Gasteiger charge is 2.02. The zero-order valence-electron chi connectivity index (χ0n) is 10.0. The molecule has 0 saturated heterocycles. The maximum atomic E-state index is 12.9. The van der Waals surface area contributed by atoms with Gasteiger partial charge in [0.15, 0.2) is 0 Å². The molecule has 0 aromatic heterocycles. The van der Waals surface area contributed by atoms with E-state index >= 15 is 0 Å². The number of halogens is 1. The minimum Gasteiger partial charge on any atom is -0.326 e. The summed E-state index contributed by atoms with van der Waals surface area (Å²) in [5.41, 5.74) is 0.522. The molecule has 17 heavy (non-hydrogen) atoms. The van der Waals surface area contributed by atoms with Gasteiger partial charge in [-0.3, -0.25) is 4.79 Å². The Balaban J connectivity index is 2.21. The van der Waals surface area contributed by atoms with Crippen LogP contribution in [-0.4, -0.2) is 17.4 Å². The number of unbranched alkanes of at least 4 members (excludes halogenated alkanes) is 1. The van der Waals surface area contributed by atoms with Crippen LogP contribution in [0.4, 0.5) is 10.1 Å². The lowest BCUT2D eigenvalue weighted by atomic mass is 10.3. The Morgan fingerprint density at radius 2 is 2.24 bits per heavy atom. The van der Waals surface area contributed by atoms with Crippen molar-refractivity contribution in [3.05, 3.63) is 30.1 Å². The summed E-state index contributed by atoms with van der Waals surface area (Å²) >= 11 is 1.78. The summed E-state index contributed by atoms with van der Waals surface area (Å²) in [7, 11) is 0. The summed E-state index contributed by atoms with van der Waals surface area (Å²) in [6, 6.07) is 5.95. The van der Waals surface area contributed by atoms with E-state index in [1.807, 2.05) is 0 Å². The Bertz CT molecular complexity index is 357. The Hall–Kier alpha value is -1.03. The van der Waals surface area contributed by atoms with Gasteiger partial charge in [0.25, 0.3) is 0 Å². The van der Waals surface area contributed by atoms with E-state index in [1.54, 1.807) is 23.9 Å². The third-order valence-electron chi connectivity index (χ3n) is 2.22. The number of amides is 1. The SMILES string of the molecule is CCCCSCCC(=O)Nc1cccc(F)c1. The second-order valence-corrected chi connectivity index (χ2v) is 5.00. The molecule has 0 aliphatic heterocycles. The van der Waals surface area contributed by atoms with Crippen LogP contribution in [0.5, 0.6) is 0 Å². The highest BCUT2D eigenvalue weighted by Crippen LogP contribution is 2.11. The summed E-state index contributed by atoms with van der Waals surface area (Å²) < 4.78 is 12.9. The molecule has 0 heterocycles. The molecule has 0 aliphatic carbocycles. The van der Waals surface area contributed by atoms with Gasteiger partial charge in [0.05, 0.1) is 0 Å². The largest absolute Gasteiger partial charge is 0.326 e. The van der Waals surface area contributed by atoms with Gasteiger partial charge in [0.1, 0.15) is 5.82 Å². The lowest BCUT2D eigenvalue weighted by Gasteiger charge is -2.05. The van der Waals surface area contributed by atoms with Crippen molar-refractivity contribution in [2.24, 2.45) is 0 Å². The van der Waals surface area contributed by atoms with Gasteiger partial charge in [-0.1, -0.05) is 19.4 Å². The molecule has 0 unspecified atom stereocenters. The number of carbonyl (C=O) groups excluding carboxylic acids is 1. The van der Waals surface area contributed by atoms with Crippen molar-refractivity contribution in [3.8, 4) is 0 Å². The number of hydrogen-bond donors (Lipinski definition) is 1. The molecular formula is C13H18FNOS. The fourth-order valence-corrected chi connectivity index (χ4v) is 2.33. The first kappa shape index (κ1) is 14.0. The molecule has 0 saturated carbocycles. The van der Waals surface area contributed by atoms with Gasteiger partial charge in [-0.05, 0) is 30.4 Å². The van der Waals surface area contributed by atoms with Crippen LogP contribution in [-0.2, 0) is 4.79 Å². The van der Waals surface area contributed by atoms with Gasteiger partial charge < -0.3 is 5.32 Å². The van der Waals surface area contributed by atoms with Crippen molar-refractivity contribution >= 4 is 23.4 Å². The Kier molecular flexibility index (Phi) is 6.70. The standard InChI is InChI=1S/C13H18FNOS/c1-2-3-8-17-9-7-13(16)15-12-6-4-5-11(14)10-12/h4-6,10H,2-3,7-9H2,1H3,(H,15,16). The second-order valence-electron chi connectivity index (χ2n) is 3.77. The molecule has 2 nitrogen and oxygen atoms in total. The number of hydrogen-bond acceptors (Lipinski definition) is 2. The third-order valence-corrected chi connectivity index (χ3v) is 3.29. The van der Waals surface area contributed by atoms with Crippen LogP contribution < -0.4 is 5.32 Å². The molecule has 1 amide bonds. The zero-order valence-corrected chi connectivity index (χ0v) is 10.9. The molecule has 0 atom stereocenters. The van der Waals surface area contributed by atoms with Crippen LogP contribution in [0, 0.1) is 5.82 Å². The van der Waals surface area contributed by atoms with E-state index in [1.165, 1.54) is 25.0 Å². The summed E-state index contributed by atoms with van der Waals surface area (Å²) in [6.07, 6.45) is 2.85. The number of nitrogens with one attached hydrogen (secondary N) is 1. The lowest BCUT2D eigenvalue weighted by molar-refractivity contribution is -0.115. The third kappa shape index (κ3) is 6.31. The summed E-state index contributed by atoms with van der Waals surface area (Å²) in [6.45, 7) is 2.15. The zero-order chi connectivity index (χ0) is 12.5. The molecule has 94 valence electrons. The molecule has 4 heteroatoms. The molecule has 1 rings (SSSR count). The molecule has 0 fully saturated rings. The van der Waals surface area contributed by atoms with E-state index in [2.05, 4.69) is 12.2 Å². The minimum absolute atomic E-state index is 0.0559. The minimum atomic E-state index is -0.333. The van der Waals surface area contributed by atoms with Crippen molar-refractivity contribution in [2.45, 2.75) is 26.2 Å². The Morgan fingerprint density at radius 1 is 1.41 bits per heavy atom. The van der Waals surface area contributed by atoms with E-state index < -0.39 is 0 Å². The van der Waals surface area contributed by atoms with Gasteiger partial charge in [-0.25, -0.2) is 4.39 Å². The Morgan fingerprint density at radius 3 is 2.94 bits per heavy atom. The van der Waals surface area contributed by atoms with Crippen LogP contribution >= 0.6 is 11.8 Å². The molecule has 1 aromatic carbocycles.